The highest BCUT2D eigenvalue weighted by atomic mass is 14.8. The maximum atomic E-state index is 5.00. The molecule has 1 aliphatic carbocycles. The van der Waals surface area contributed by atoms with Crippen LogP contribution in [0.5, 0.6) is 0 Å². The number of nitrogens with zero attached hydrogens (tertiary/aromatic N) is 2. The van der Waals surface area contributed by atoms with Crippen LogP contribution in [-0.2, 0) is 0 Å². The molecular formula is C23H34N2. The fourth-order valence-corrected chi connectivity index (χ4v) is 3.77. The Morgan fingerprint density at radius 1 is 1.12 bits per heavy atom. The molecular weight excluding hydrogens is 304 g/mol. The highest BCUT2D eigenvalue weighted by Crippen LogP contribution is 2.32. The number of benzene rings is 1. The van der Waals surface area contributed by atoms with Crippen LogP contribution in [0, 0.1) is 5.92 Å². The van der Waals surface area contributed by atoms with E-state index in [4.69, 9.17) is 4.99 Å². The van der Waals surface area contributed by atoms with Crippen LogP contribution >= 0.6 is 0 Å². The van der Waals surface area contributed by atoms with E-state index in [0.29, 0.717) is 5.92 Å². The average Bonchev–Trinajstić information content (AvgIpc) is 2.66. The molecule has 0 amide bonds. The van der Waals surface area contributed by atoms with Gasteiger partial charge in [-0.3, -0.25) is 9.98 Å². The van der Waals surface area contributed by atoms with Gasteiger partial charge in [0, 0.05) is 7.05 Å². The number of rotatable bonds is 6. The summed E-state index contributed by atoms with van der Waals surface area (Å²) in [6.45, 7) is 8.62. The van der Waals surface area contributed by atoms with Crippen molar-refractivity contribution in [3.05, 3.63) is 47.2 Å². The fraction of sp³-hybridized carbons (Fsp3) is 0.565. The summed E-state index contributed by atoms with van der Waals surface area (Å²) in [5.41, 5.74) is 5.96. The third kappa shape index (κ3) is 5.14. The fourth-order valence-electron chi connectivity index (χ4n) is 3.77. The minimum absolute atomic E-state index is 0.380. The molecule has 0 heterocycles. The largest absolute Gasteiger partial charge is 0.291 e. The van der Waals surface area contributed by atoms with Gasteiger partial charge < -0.3 is 0 Å². The smallest absolute Gasteiger partial charge is 0.0800 e. The molecule has 0 aliphatic heterocycles. The molecule has 2 rings (SSSR count). The topological polar surface area (TPSA) is 24.7 Å². The normalized spacial score (nSPS) is 18.1. The number of hydrogen-bond acceptors (Lipinski definition) is 2. The lowest BCUT2D eigenvalue weighted by molar-refractivity contribution is 0.443. The van der Waals surface area contributed by atoms with Gasteiger partial charge in [0.05, 0.1) is 17.1 Å². The molecule has 1 fully saturated rings. The highest BCUT2D eigenvalue weighted by molar-refractivity contribution is 6.07. The molecule has 0 N–H and O–H groups in total. The van der Waals surface area contributed by atoms with Crippen LogP contribution in [-0.4, -0.2) is 18.5 Å². The molecule has 0 atom stereocenters. The molecule has 136 valence electrons. The molecule has 0 bridgehead atoms. The van der Waals surface area contributed by atoms with Gasteiger partial charge in [-0.15, -0.1) is 0 Å². The van der Waals surface area contributed by atoms with Gasteiger partial charge in [0.25, 0.3) is 0 Å². The summed E-state index contributed by atoms with van der Waals surface area (Å²) in [4.78, 5) is 9.40. The Balaban J connectivity index is 2.29. The highest BCUT2D eigenvalue weighted by Gasteiger charge is 2.16. The van der Waals surface area contributed by atoms with Crippen LogP contribution in [0.3, 0.4) is 0 Å². The van der Waals surface area contributed by atoms with Gasteiger partial charge in [-0.25, -0.2) is 0 Å². The van der Waals surface area contributed by atoms with E-state index in [2.05, 4.69) is 56.1 Å². The first-order valence-electron chi connectivity index (χ1n) is 9.91. The second kappa shape index (κ2) is 9.70. The van der Waals surface area contributed by atoms with Gasteiger partial charge in [-0.2, -0.15) is 0 Å². The van der Waals surface area contributed by atoms with Crippen LogP contribution in [0.4, 0.5) is 0 Å². The standard InChI is InChI=1S/C23H34N2/c1-6-21(24-5)22(7-2)25-23(17(3)4)20-15-13-19(14-16-20)18-11-9-8-10-12-18/h7,13-18H,6,8-12H2,1-5H3/b22-7+,24-21-,25-23+. The Bertz CT molecular complexity index is 627. The molecule has 0 spiro atoms. The lowest BCUT2D eigenvalue weighted by Gasteiger charge is -2.22. The van der Waals surface area contributed by atoms with Gasteiger partial charge in [0.2, 0.25) is 0 Å². The van der Waals surface area contributed by atoms with Gasteiger partial charge in [-0.1, -0.05) is 70.4 Å². The van der Waals surface area contributed by atoms with E-state index < -0.39 is 0 Å². The van der Waals surface area contributed by atoms with Crippen molar-refractivity contribution >= 4 is 11.4 Å². The van der Waals surface area contributed by atoms with E-state index in [0.717, 1.165) is 29.5 Å². The monoisotopic (exact) mass is 338 g/mol. The quantitative estimate of drug-likeness (QED) is 0.524. The zero-order chi connectivity index (χ0) is 18.2. The van der Waals surface area contributed by atoms with Crippen LogP contribution in [0.2, 0.25) is 0 Å². The zero-order valence-electron chi connectivity index (χ0n) is 16.7. The van der Waals surface area contributed by atoms with Crippen molar-refractivity contribution < 1.29 is 0 Å². The zero-order valence-corrected chi connectivity index (χ0v) is 16.7. The van der Waals surface area contributed by atoms with E-state index in [9.17, 15) is 0 Å². The van der Waals surface area contributed by atoms with Gasteiger partial charge in [0.1, 0.15) is 0 Å². The van der Waals surface area contributed by atoms with E-state index in [-0.39, 0.29) is 0 Å². The second-order valence-electron chi connectivity index (χ2n) is 7.31. The van der Waals surface area contributed by atoms with Crippen LogP contribution < -0.4 is 0 Å². The van der Waals surface area contributed by atoms with E-state index in [1.54, 1.807) is 0 Å². The predicted octanol–water partition coefficient (Wildman–Crippen LogP) is 6.56. The number of hydrogen-bond donors (Lipinski definition) is 0. The Labute approximate surface area is 154 Å². The average molecular weight is 339 g/mol. The first kappa shape index (κ1) is 19.6. The van der Waals surface area contributed by atoms with E-state index >= 15 is 0 Å². The summed E-state index contributed by atoms with van der Waals surface area (Å²) in [7, 11) is 1.85. The van der Waals surface area contributed by atoms with Crippen molar-refractivity contribution in [2.75, 3.05) is 7.05 Å². The lowest BCUT2D eigenvalue weighted by atomic mass is 9.83. The predicted molar refractivity (Wildman–Crippen MR) is 111 cm³/mol. The summed E-state index contributed by atoms with van der Waals surface area (Å²) in [6.07, 6.45) is 9.85. The van der Waals surface area contributed by atoms with Crippen molar-refractivity contribution in [3.63, 3.8) is 0 Å². The molecule has 2 heteroatoms. The maximum absolute atomic E-state index is 5.00. The molecule has 1 aromatic rings. The summed E-state index contributed by atoms with van der Waals surface area (Å²) in [6, 6.07) is 9.19. The maximum Gasteiger partial charge on any atom is 0.0800 e. The summed E-state index contributed by atoms with van der Waals surface area (Å²) >= 11 is 0. The molecule has 1 aliphatic rings. The molecule has 0 saturated heterocycles. The Kier molecular flexibility index (Phi) is 7.61. The SMILES string of the molecule is C/C=C(/N=C(/c1ccc(C2CCCCC2)cc1)C(C)C)C(\CC)=N/C. The van der Waals surface area contributed by atoms with E-state index in [1.165, 1.54) is 43.2 Å². The minimum atomic E-state index is 0.380. The van der Waals surface area contributed by atoms with Crippen molar-refractivity contribution in [1.82, 2.24) is 0 Å². The van der Waals surface area contributed by atoms with Crippen LogP contribution in [0.15, 0.2) is 46.0 Å². The van der Waals surface area contributed by atoms with E-state index in [1.807, 2.05) is 14.0 Å². The van der Waals surface area contributed by atoms with Gasteiger partial charge >= 0.3 is 0 Å². The number of aliphatic imine (C=N–C) groups is 2. The molecule has 0 unspecified atom stereocenters. The Morgan fingerprint density at radius 3 is 2.24 bits per heavy atom. The van der Waals surface area contributed by atoms with Crippen molar-refractivity contribution in [2.24, 2.45) is 15.9 Å². The van der Waals surface area contributed by atoms with Crippen molar-refractivity contribution in [2.45, 2.75) is 72.1 Å². The van der Waals surface area contributed by atoms with Gasteiger partial charge in [-0.05, 0) is 49.1 Å². The number of allylic oxidation sites excluding steroid dienone is 2. The molecule has 1 saturated carbocycles. The van der Waals surface area contributed by atoms with Crippen LogP contribution in [0.1, 0.15) is 83.3 Å². The second-order valence-corrected chi connectivity index (χ2v) is 7.31. The van der Waals surface area contributed by atoms with Crippen molar-refractivity contribution in [3.8, 4) is 0 Å². The molecule has 1 aromatic carbocycles. The molecule has 0 radical (unpaired) electrons. The first-order valence-corrected chi connectivity index (χ1v) is 9.91. The molecule has 0 aromatic heterocycles. The van der Waals surface area contributed by atoms with Crippen molar-refractivity contribution in [1.29, 1.82) is 0 Å². The minimum Gasteiger partial charge on any atom is -0.291 e. The van der Waals surface area contributed by atoms with Crippen LogP contribution in [0.25, 0.3) is 0 Å². The molecule has 2 nitrogen and oxygen atoms in total. The van der Waals surface area contributed by atoms with Gasteiger partial charge in [0.15, 0.2) is 0 Å². The molecule has 25 heavy (non-hydrogen) atoms. The summed E-state index contributed by atoms with van der Waals surface area (Å²) < 4.78 is 0. The summed E-state index contributed by atoms with van der Waals surface area (Å²) in [5.74, 6) is 1.14. The Morgan fingerprint density at radius 2 is 1.76 bits per heavy atom. The Hall–Kier alpha value is -1.70. The third-order valence-electron chi connectivity index (χ3n) is 5.24. The lowest BCUT2D eigenvalue weighted by Crippen LogP contribution is -2.12. The summed E-state index contributed by atoms with van der Waals surface area (Å²) in [5, 5.41) is 0. The third-order valence-corrected chi connectivity index (χ3v) is 5.24. The first-order chi connectivity index (χ1) is 12.1.